The molecule has 8 heteroatoms. The van der Waals surface area contributed by atoms with Crippen molar-refractivity contribution in [3.05, 3.63) is 17.9 Å². The van der Waals surface area contributed by atoms with Gasteiger partial charge in [-0.1, -0.05) is 0 Å². The molecule has 0 spiro atoms. The zero-order valence-electron chi connectivity index (χ0n) is 14.6. The van der Waals surface area contributed by atoms with Gasteiger partial charge in [0.2, 0.25) is 0 Å². The predicted molar refractivity (Wildman–Crippen MR) is 103 cm³/mol. The van der Waals surface area contributed by atoms with E-state index in [4.69, 9.17) is 31.8 Å². The van der Waals surface area contributed by atoms with E-state index in [1.807, 2.05) is 13.0 Å². The fourth-order valence-electron chi connectivity index (χ4n) is 3.28. The molecule has 3 rings (SSSR count). The minimum absolute atomic E-state index is 0.0806. The van der Waals surface area contributed by atoms with E-state index >= 15 is 0 Å². The van der Waals surface area contributed by atoms with E-state index < -0.39 is 0 Å². The number of thiocarbonyl (C=S) groups is 1. The third-order valence-corrected chi connectivity index (χ3v) is 4.37. The van der Waals surface area contributed by atoms with Crippen molar-refractivity contribution in [1.29, 1.82) is 0 Å². The molecule has 1 fully saturated rings. The highest BCUT2D eigenvalue weighted by Gasteiger charge is 2.29. The van der Waals surface area contributed by atoms with Crippen molar-refractivity contribution in [2.24, 2.45) is 10.7 Å². The van der Waals surface area contributed by atoms with Crippen molar-refractivity contribution in [1.82, 2.24) is 5.32 Å². The fourth-order valence-corrected chi connectivity index (χ4v) is 3.41. The number of nitrogens with one attached hydrogen (secondary N) is 1. The topological polar surface area (TPSA) is 85.2 Å². The summed E-state index contributed by atoms with van der Waals surface area (Å²) < 4.78 is 17.2. The zero-order chi connectivity index (χ0) is 18.0. The number of benzene rings is 1. The monoisotopic (exact) mass is 362 g/mol. The number of fused-ring (bicyclic) bond motifs is 1. The van der Waals surface area contributed by atoms with Crippen molar-refractivity contribution in [3.8, 4) is 11.5 Å². The normalized spacial score (nSPS) is 15.5. The third-order valence-electron chi connectivity index (χ3n) is 4.28. The van der Waals surface area contributed by atoms with Crippen LogP contribution in [0.4, 0.5) is 5.69 Å². The predicted octanol–water partition coefficient (Wildman–Crippen LogP) is 1.91. The summed E-state index contributed by atoms with van der Waals surface area (Å²) in [6, 6.07) is 1.86. The summed E-state index contributed by atoms with van der Waals surface area (Å²) in [5, 5.41) is 4.26. The number of nitrogens with two attached hydrogens (primary N) is 1. The van der Waals surface area contributed by atoms with Crippen LogP contribution in [-0.2, 0) is 0 Å². The standard InChI is InChI=1S/C17H22N4O3S/c1-10(20-17(18)25)12-13(21-7-5-19-6-8-21)16(23-3)15-11(4-9-24-15)14(12)22-2/h4,9,19H,5-8H2,1-3H3,(H2,18,25). The lowest BCUT2D eigenvalue weighted by Gasteiger charge is -2.33. The summed E-state index contributed by atoms with van der Waals surface area (Å²) in [5.74, 6) is 1.34. The first-order valence-corrected chi connectivity index (χ1v) is 8.45. The molecular weight excluding hydrogens is 340 g/mol. The summed E-state index contributed by atoms with van der Waals surface area (Å²) in [4.78, 5) is 6.54. The first-order chi connectivity index (χ1) is 12.1. The van der Waals surface area contributed by atoms with Crippen LogP contribution in [-0.4, -0.2) is 51.2 Å². The number of nitrogens with zero attached hydrogens (tertiary/aromatic N) is 2. The lowest BCUT2D eigenvalue weighted by Crippen LogP contribution is -2.44. The van der Waals surface area contributed by atoms with Gasteiger partial charge < -0.3 is 29.8 Å². The summed E-state index contributed by atoms with van der Waals surface area (Å²) >= 11 is 4.97. The van der Waals surface area contributed by atoms with Gasteiger partial charge in [-0.2, -0.15) is 0 Å². The Balaban J connectivity index is 2.37. The number of hydrogen-bond donors (Lipinski definition) is 2. The Morgan fingerprint density at radius 3 is 2.56 bits per heavy atom. The van der Waals surface area contributed by atoms with Crippen molar-refractivity contribution < 1.29 is 13.9 Å². The molecule has 0 unspecified atom stereocenters. The van der Waals surface area contributed by atoms with Crippen LogP contribution in [0, 0.1) is 0 Å². The molecule has 1 aromatic heterocycles. The zero-order valence-corrected chi connectivity index (χ0v) is 15.4. The number of ether oxygens (including phenoxy) is 2. The molecule has 7 nitrogen and oxygen atoms in total. The van der Waals surface area contributed by atoms with E-state index in [9.17, 15) is 0 Å². The fraction of sp³-hybridized carbons (Fsp3) is 0.412. The maximum atomic E-state index is 5.74. The van der Waals surface area contributed by atoms with E-state index in [-0.39, 0.29) is 5.11 Å². The molecule has 25 heavy (non-hydrogen) atoms. The van der Waals surface area contributed by atoms with Crippen LogP contribution in [0.2, 0.25) is 0 Å². The van der Waals surface area contributed by atoms with E-state index in [1.165, 1.54) is 0 Å². The number of anilines is 1. The SMILES string of the molecule is COc1c(C(C)=NC(N)=S)c(N2CCNCC2)c(OC)c2occc12. The van der Waals surface area contributed by atoms with Gasteiger partial charge >= 0.3 is 0 Å². The maximum Gasteiger partial charge on any atom is 0.190 e. The van der Waals surface area contributed by atoms with E-state index in [0.29, 0.717) is 22.8 Å². The molecule has 0 atom stereocenters. The van der Waals surface area contributed by atoms with Crippen LogP contribution in [0.25, 0.3) is 11.0 Å². The minimum Gasteiger partial charge on any atom is -0.495 e. The maximum absolute atomic E-state index is 5.74. The van der Waals surface area contributed by atoms with Gasteiger partial charge in [-0.3, -0.25) is 0 Å². The van der Waals surface area contributed by atoms with Crippen molar-refractivity contribution in [3.63, 3.8) is 0 Å². The number of methoxy groups -OCH3 is 2. The minimum atomic E-state index is 0.0806. The third kappa shape index (κ3) is 3.14. The van der Waals surface area contributed by atoms with Gasteiger partial charge in [0.05, 0.1) is 42.8 Å². The first-order valence-electron chi connectivity index (χ1n) is 8.04. The van der Waals surface area contributed by atoms with Crippen LogP contribution in [0.3, 0.4) is 0 Å². The molecule has 1 aliphatic heterocycles. The van der Waals surface area contributed by atoms with E-state index in [2.05, 4.69) is 15.2 Å². The molecule has 134 valence electrons. The van der Waals surface area contributed by atoms with E-state index in [0.717, 1.165) is 42.8 Å². The molecule has 0 amide bonds. The van der Waals surface area contributed by atoms with Gasteiger partial charge in [0.25, 0.3) is 0 Å². The molecule has 0 aliphatic carbocycles. The smallest absolute Gasteiger partial charge is 0.190 e. The average molecular weight is 362 g/mol. The van der Waals surface area contributed by atoms with Crippen LogP contribution >= 0.6 is 12.2 Å². The Hall–Kier alpha value is -2.32. The van der Waals surface area contributed by atoms with Crippen molar-refractivity contribution in [2.45, 2.75) is 6.92 Å². The lowest BCUT2D eigenvalue weighted by molar-refractivity contribution is 0.401. The molecule has 3 N–H and O–H groups in total. The van der Waals surface area contributed by atoms with Crippen molar-refractivity contribution >= 4 is 39.7 Å². The van der Waals surface area contributed by atoms with E-state index in [1.54, 1.807) is 20.5 Å². The highest BCUT2D eigenvalue weighted by atomic mass is 32.1. The van der Waals surface area contributed by atoms with Gasteiger partial charge in [0.15, 0.2) is 16.4 Å². The second kappa shape index (κ2) is 7.28. The Labute approximate surface area is 151 Å². The van der Waals surface area contributed by atoms with Gasteiger partial charge in [0, 0.05) is 26.2 Å². The van der Waals surface area contributed by atoms with Gasteiger partial charge in [0.1, 0.15) is 5.75 Å². The number of hydrogen-bond acceptors (Lipinski definition) is 6. The average Bonchev–Trinajstić information content (AvgIpc) is 3.09. The molecule has 2 aromatic rings. The summed E-state index contributed by atoms with van der Waals surface area (Å²) in [6.45, 7) is 5.30. The number of aliphatic imine (C=N–C) groups is 1. The lowest BCUT2D eigenvalue weighted by atomic mass is 10.0. The van der Waals surface area contributed by atoms with Crippen LogP contribution < -0.4 is 25.4 Å². The first kappa shape index (κ1) is 17.5. The van der Waals surface area contributed by atoms with Gasteiger partial charge in [-0.05, 0) is 25.2 Å². The van der Waals surface area contributed by atoms with Crippen LogP contribution in [0.15, 0.2) is 21.7 Å². The summed E-state index contributed by atoms with van der Waals surface area (Å²) in [6.07, 6.45) is 1.63. The van der Waals surface area contributed by atoms with Crippen LogP contribution in [0.5, 0.6) is 11.5 Å². The molecule has 0 radical (unpaired) electrons. The molecule has 0 bridgehead atoms. The largest absolute Gasteiger partial charge is 0.495 e. The van der Waals surface area contributed by atoms with Gasteiger partial charge in [-0.15, -0.1) is 0 Å². The number of furan rings is 1. The molecule has 0 saturated carbocycles. The Kier molecular flexibility index (Phi) is 5.10. The highest BCUT2D eigenvalue weighted by molar-refractivity contribution is 7.80. The second-order valence-electron chi connectivity index (χ2n) is 5.73. The van der Waals surface area contributed by atoms with Crippen LogP contribution in [0.1, 0.15) is 12.5 Å². The molecule has 1 aliphatic rings. The summed E-state index contributed by atoms with van der Waals surface area (Å²) in [7, 11) is 3.27. The molecule has 1 saturated heterocycles. The molecule has 2 heterocycles. The molecule has 1 aromatic carbocycles. The quantitative estimate of drug-likeness (QED) is 0.635. The van der Waals surface area contributed by atoms with Gasteiger partial charge in [-0.25, -0.2) is 4.99 Å². The Bertz CT molecular complexity index is 825. The molecular formula is C17H22N4O3S. The highest BCUT2D eigenvalue weighted by Crippen LogP contribution is 2.47. The summed E-state index contributed by atoms with van der Waals surface area (Å²) in [5.41, 5.74) is 8.69. The second-order valence-corrected chi connectivity index (χ2v) is 6.14. The Morgan fingerprint density at radius 2 is 1.96 bits per heavy atom. The number of piperazine rings is 1. The number of rotatable bonds is 4. The Morgan fingerprint density at radius 1 is 1.28 bits per heavy atom. The van der Waals surface area contributed by atoms with Crippen molar-refractivity contribution in [2.75, 3.05) is 45.3 Å².